The Morgan fingerprint density at radius 3 is 2.55 bits per heavy atom. The normalized spacial score (nSPS) is 14.6. The lowest BCUT2D eigenvalue weighted by atomic mass is 10.1. The van der Waals surface area contributed by atoms with Gasteiger partial charge in [0, 0.05) is 51.4 Å². The van der Waals surface area contributed by atoms with E-state index in [1.807, 2.05) is 32.0 Å². The Bertz CT molecular complexity index is 971. The Morgan fingerprint density at radius 1 is 1.19 bits per heavy atom. The summed E-state index contributed by atoms with van der Waals surface area (Å²) in [6, 6.07) is 8.60. The molecule has 170 valence electrons. The highest BCUT2D eigenvalue weighted by Gasteiger charge is 2.23. The van der Waals surface area contributed by atoms with Crippen LogP contribution in [0.1, 0.15) is 17.3 Å². The van der Waals surface area contributed by atoms with Crippen LogP contribution in [0.25, 0.3) is 0 Å². The van der Waals surface area contributed by atoms with Gasteiger partial charge in [-0.3, -0.25) is 9.52 Å². The monoisotopic (exact) mass is 465 g/mol. The summed E-state index contributed by atoms with van der Waals surface area (Å²) in [6.45, 7) is 7.09. The molecule has 1 aliphatic heterocycles. The fraction of sp³-hybridized carbons (Fsp3) is 0.476. The highest BCUT2D eigenvalue weighted by molar-refractivity contribution is 7.94. The Balaban J connectivity index is 1.93. The molecule has 0 bridgehead atoms. The first-order chi connectivity index (χ1) is 14.8. The van der Waals surface area contributed by atoms with Crippen LogP contribution in [0.4, 0.5) is 11.4 Å². The Morgan fingerprint density at radius 2 is 1.94 bits per heavy atom. The van der Waals surface area contributed by atoms with E-state index in [-0.39, 0.29) is 10.1 Å². The van der Waals surface area contributed by atoms with E-state index in [0.29, 0.717) is 24.3 Å². The van der Waals surface area contributed by atoms with Crippen molar-refractivity contribution in [1.82, 2.24) is 15.1 Å². The predicted molar refractivity (Wildman–Crippen MR) is 127 cm³/mol. The molecule has 0 spiro atoms. The number of hydrogen-bond donors (Lipinski definition) is 2. The van der Waals surface area contributed by atoms with E-state index in [9.17, 15) is 13.2 Å². The first kappa shape index (κ1) is 23.5. The smallest absolute Gasteiger partial charge is 0.271 e. The molecule has 0 aliphatic carbocycles. The van der Waals surface area contributed by atoms with Crippen molar-refractivity contribution in [3.8, 4) is 0 Å². The SMILES string of the molecule is CCN(CCN(C)C)C(=O)c1ccc(N2CCNCC2)c(NS(=O)(=O)c2cccs2)c1. The van der Waals surface area contributed by atoms with Gasteiger partial charge in [-0.25, -0.2) is 8.42 Å². The van der Waals surface area contributed by atoms with Gasteiger partial charge in [0.05, 0.1) is 11.4 Å². The molecule has 2 N–H and O–H groups in total. The Kier molecular flexibility index (Phi) is 7.93. The number of carbonyl (C=O) groups is 1. The zero-order chi connectivity index (χ0) is 22.4. The van der Waals surface area contributed by atoms with Crippen LogP contribution in [0.2, 0.25) is 0 Å². The largest absolute Gasteiger partial charge is 0.367 e. The quantitative estimate of drug-likeness (QED) is 0.589. The summed E-state index contributed by atoms with van der Waals surface area (Å²) >= 11 is 1.16. The van der Waals surface area contributed by atoms with Crippen molar-refractivity contribution in [2.24, 2.45) is 0 Å². The molecule has 31 heavy (non-hydrogen) atoms. The van der Waals surface area contributed by atoms with Gasteiger partial charge >= 0.3 is 0 Å². The van der Waals surface area contributed by atoms with Crippen LogP contribution in [-0.4, -0.2) is 84.0 Å². The Hall–Kier alpha value is -2.14. The van der Waals surface area contributed by atoms with Crippen LogP contribution in [0.3, 0.4) is 0 Å². The number of piperazine rings is 1. The number of nitrogens with zero attached hydrogens (tertiary/aromatic N) is 3. The molecule has 1 aromatic heterocycles. The predicted octanol–water partition coefficient (Wildman–Crippen LogP) is 1.98. The second kappa shape index (κ2) is 10.4. The van der Waals surface area contributed by atoms with Gasteiger partial charge in [-0.2, -0.15) is 0 Å². The summed E-state index contributed by atoms with van der Waals surface area (Å²) in [7, 11) is 0.214. The first-order valence-corrected chi connectivity index (χ1v) is 12.8. The van der Waals surface area contributed by atoms with Crippen molar-refractivity contribution in [2.45, 2.75) is 11.1 Å². The molecule has 1 fully saturated rings. The second-order valence-corrected chi connectivity index (χ2v) is 10.6. The Labute approximate surface area is 188 Å². The van der Waals surface area contributed by atoms with Crippen molar-refractivity contribution in [3.05, 3.63) is 41.3 Å². The minimum absolute atomic E-state index is 0.104. The van der Waals surface area contributed by atoms with Crippen LogP contribution in [0.15, 0.2) is 39.9 Å². The van der Waals surface area contributed by atoms with Gasteiger partial charge in [0.2, 0.25) is 0 Å². The van der Waals surface area contributed by atoms with E-state index >= 15 is 0 Å². The van der Waals surface area contributed by atoms with Crippen LogP contribution in [0, 0.1) is 0 Å². The highest BCUT2D eigenvalue weighted by atomic mass is 32.2. The number of carbonyl (C=O) groups excluding carboxylic acids is 1. The number of hydrogen-bond acceptors (Lipinski definition) is 7. The maximum atomic E-state index is 13.1. The molecule has 2 aromatic rings. The van der Waals surface area contributed by atoms with E-state index < -0.39 is 10.0 Å². The molecule has 1 aromatic carbocycles. The van der Waals surface area contributed by atoms with Crippen molar-refractivity contribution >= 4 is 38.6 Å². The second-order valence-electron chi connectivity index (χ2n) is 7.69. The lowest BCUT2D eigenvalue weighted by Gasteiger charge is -2.31. The van der Waals surface area contributed by atoms with E-state index in [0.717, 1.165) is 49.7 Å². The zero-order valence-electron chi connectivity index (χ0n) is 18.3. The van der Waals surface area contributed by atoms with E-state index in [2.05, 4.69) is 14.9 Å². The average Bonchev–Trinajstić information content (AvgIpc) is 3.30. The number of amides is 1. The molecule has 2 heterocycles. The van der Waals surface area contributed by atoms with Crippen LogP contribution in [0.5, 0.6) is 0 Å². The third-order valence-electron chi connectivity index (χ3n) is 5.19. The topological polar surface area (TPSA) is 85.0 Å². The summed E-state index contributed by atoms with van der Waals surface area (Å²) in [5.41, 5.74) is 1.70. The summed E-state index contributed by atoms with van der Waals surface area (Å²) in [5.74, 6) is -0.104. The molecule has 8 nitrogen and oxygen atoms in total. The average molecular weight is 466 g/mol. The van der Waals surface area contributed by atoms with Gasteiger partial charge in [0.25, 0.3) is 15.9 Å². The zero-order valence-corrected chi connectivity index (χ0v) is 19.9. The third kappa shape index (κ3) is 5.97. The number of likely N-dealkylation sites (N-methyl/N-ethyl adjacent to an activating group) is 2. The molecule has 1 amide bonds. The van der Waals surface area contributed by atoms with Crippen molar-refractivity contribution in [3.63, 3.8) is 0 Å². The summed E-state index contributed by atoms with van der Waals surface area (Å²) in [6.07, 6.45) is 0. The van der Waals surface area contributed by atoms with Gasteiger partial charge in [0.1, 0.15) is 4.21 Å². The molecule has 0 atom stereocenters. The van der Waals surface area contributed by atoms with Gasteiger partial charge in [0.15, 0.2) is 0 Å². The number of sulfonamides is 1. The highest BCUT2D eigenvalue weighted by Crippen LogP contribution is 2.31. The van der Waals surface area contributed by atoms with E-state index in [1.54, 1.807) is 34.5 Å². The van der Waals surface area contributed by atoms with E-state index in [1.165, 1.54) is 0 Å². The van der Waals surface area contributed by atoms with Crippen molar-refractivity contribution in [1.29, 1.82) is 0 Å². The lowest BCUT2D eigenvalue weighted by Crippen LogP contribution is -2.44. The maximum Gasteiger partial charge on any atom is 0.271 e. The van der Waals surface area contributed by atoms with Crippen molar-refractivity contribution in [2.75, 3.05) is 69.5 Å². The standard InChI is InChI=1S/C21H31N5O3S2/c1-4-25(14-13-24(2)3)21(27)17-7-8-19(26-11-9-22-10-12-26)18(16-17)23-31(28,29)20-6-5-15-30-20/h5-8,15-16,22-23H,4,9-14H2,1-3H3. The van der Waals surface area contributed by atoms with Gasteiger partial charge in [-0.15, -0.1) is 11.3 Å². The molecule has 1 saturated heterocycles. The summed E-state index contributed by atoms with van der Waals surface area (Å²) < 4.78 is 28.8. The molecule has 0 unspecified atom stereocenters. The van der Waals surface area contributed by atoms with E-state index in [4.69, 9.17) is 0 Å². The number of thiophene rings is 1. The minimum Gasteiger partial charge on any atom is -0.367 e. The molecule has 10 heteroatoms. The molecule has 3 rings (SSSR count). The number of benzene rings is 1. The van der Waals surface area contributed by atoms with Crippen LogP contribution < -0.4 is 14.9 Å². The molecule has 1 aliphatic rings. The van der Waals surface area contributed by atoms with Crippen molar-refractivity contribution < 1.29 is 13.2 Å². The van der Waals surface area contributed by atoms with Gasteiger partial charge in [-0.05, 0) is 50.7 Å². The molecule has 0 radical (unpaired) electrons. The third-order valence-corrected chi connectivity index (χ3v) is 7.95. The maximum absolute atomic E-state index is 13.1. The lowest BCUT2D eigenvalue weighted by molar-refractivity contribution is 0.0754. The molecule has 0 saturated carbocycles. The fourth-order valence-electron chi connectivity index (χ4n) is 3.45. The van der Waals surface area contributed by atoms with Crippen LogP contribution in [-0.2, 0) is 10.0 Å². The first-order valence-electron chi connectivity index (χ1n) is 10.4. The number of anilines is 2. The van der Waals surface area contributed by atoms with Gasteiger partial charge < -0.3 is 20.0 Å². The number of nitrogens with one attached hydrogen (secondary N) is 2. The number of rotatable bonds is 9. The minimum atomic E-state index is -3.73. The summed E-state index contributed by atoms with van der Waals surface area (Å²) in [5, 5.41) is 5.04. The summed E-state index contributed by atoms with van der Waals surface area (Å²) in [4.78, 5) is 19.1. The van der Waals surface area contributed by atoms with Crippen LogP contribution >= 0.6 is 11.3 Å². The van der Waals surface area contributed by atoms with Gasteiger partial charge in [-0.1, -0.05) is 6.07 Å². The fourth-order valence-corrected chi connectivity index (χ4v) is 5.51. The molecular formula is C21H31N5O3S2. The molecular weight excluding hydrogens is 434 g/mol.